The second-order valence-corrected chi connectivity index (χ2v) is 8.22. The lowest BCUT2D eigenvalue weighted by atomic mass is 10.6. The summed E-state index contributed by atoms with van der Waals surface area (Å²) >= 11 is 13.1. The standard InChI is InChI=1S/C4H9Cl2PS/c1-4(5)3-8-7(2)6/h4H,3H2,1-2H3. The fourth-order valence-corrected chi connectivity index (χ4v) is 2.86. The van der Waals surface area contributed by atoms with E-state index in [2.05, 4.69) is 0 Å². The summed E-state index contributed by atoms with van der Waals surface area (Å²) in [6, 6.07) is 0. The highest BCUT2D eigenvalue weighted by molar-refractivity contribution is 8.62. The molecule has 0 aromatic heterocycles. The lowest BCUT2D eigenvalue weighted by Gasteiger charge is -2.02. The first-order chi connectivity index (χ1) is 3.63. The van der Waals surface area contributed by atoms with Crippen molar-refractivity contribution in [1.29, 1.82) is 0 Å². The largest absolute Gasteiger partial charge is 0.122 e. The molecular weight excluding hydrogens is 182 g/mol. The van der Waals surface area contributed by atoms with Crippen LogP contribution in [0, 0.1) is 0 Å². The van der Waals surface area contributed by atoms with Gasteiger partial charge in [0.15, 0.2) is 0 Å². The summed E-state index contributed by atoms with van der Waals surface area (Å²) in [5, 5.41) is 0.253. The van der Waals surface area contributed by atoms with Crippen LogP contribution in [0.3, 0.4) is 0 Å². The van der Waals surface area contributed by atoms with Crippen LogP contribution >= 0.6 is 40.7 Å². The van der Waals surface area contributed by atoms with Crippen LogP contribution in [0.1, 0.15) is 6.92 Å². The minimum Gasteiger partial charge on any atom is -0.122 e. The topological polar surface area (TPSA) is 0 Å². The maximum atomic E-state index is 5.69. The normalized spacial score (nSPS) is 18.0. The van der Waals surface area contributed by atoms with Gasteiger partial charge in [0.2, 0.25) is 0 Å². The molecule has 0 aromatic rings. The van der Waals surface area contributed by atoms with Crippen LogP contribution in [-0.4, -0.2) is 17.8 Å². The molecule has 8 heavy (non-hydrogen) atoms. The van der Waals surface area contributed by atoms with E-state index in [-0.39, 0.29) is 11.9 Å². The molecule has 0 aromatic carbocycles. The molecule has 0 nitrogen and oxygen atoms in total. The molecule has 0 saturated heterocycles. The van der Waals surface area contributed by atoms with E-state index in [4.69, 9.17) is 22.8 Å². The van der Waals surface area contributed by atoms with E-state index < -0.39 is 0 Å². The maximum Gasteiger partial charge on any atom is 0.0461 e. The van der Waals surface area contributed by atoms with Gasteiger partial charge < -0.3 is 0 Å². The molecule has 0 aliphatic carbocycles. The van der Waals surface area contributed by atoms with Crippen LogP contribution in [0.2, 0.25) is 0 Å². The Labute approximate surface area is 65.6 Å². The summed E-state index contributed by atoms with van der Waals surface area (Å²) in [4.78, 5) is 0. The molecule has 2 atom stereocenters. The number of alkyl halides is 1. The van der Waals surface area contributed by atoms with Crippen molar-refractivity contribution < 1.29 is 0 Å². The third kappa shape index (κ3) is 7.36. The van der Waals surface area contributed by atoms with Crippen LogP contribution in [-0.2, 0) is 0 Å². The molecule has 2 unspecified atom stereocenters. The number of hydrogen-bond donors (Lipinski definition) is 0. The van der Waals surface area contributed by atoms with Crippen molar-refractivity contribution in [3.8, 4) is 0 Å². The number of rotatable bonds is 3. The van der Waals surface area contributed by atoms with E-state index in [0.717, 1.165) is 5.75 Å². The molecule has 0 heterocycles. The second-order valence-electron chi connectivity index (χ2n) is 1.50. The fraction of sp³-hybridized carbons (Fsp3) is 1.00. The third-order valence-corrected chi connectivity index (χ3v) is 4.22. The van der Waals surface area contributed by atoms with Crippen molar-refractivity contribution >= 4 is 40.7 Å². The van der Waals surface area contributed by atoms with Gasteiger partial charge in [0.25, 0.3) is 0 Å². The van der Waals surface area contributed by atoms with Crippen LogP contribution in [0.5, 0.6) is 0 Å². The molecule has 0 fully saturated rings. The quantitative estimate of drug-likeness (QED) is 0.485. The van der Waals surface area contributed by atoms with E-state index in [1.54, 1.807) is 11.4 Å². The highest BCUT2D eigenvalue weighted by atomic mass is 35.7. The molecule has 0 bridgehead atoms. The molecular formula is C4H9Cl2PS. The molecule has 4 heteroatoms. The molecule has 50 valence electrons. The molecule has 0 radical (unpaired) electrons. The van der Waals surface area contributed by atoms with Gasteiger partial charge in [-0.05, 0) is 13.6 Å². The highest BCUT2D eigenvalue weighted by Crippen LogP contribution is 2.51. The smallest absolute Gasteiger partial charge is 0.0461 e. The second kappa shape index (κ2) is 5.17. The fourth-order valence-electron chi connectivity index (χ4n) is 0.205. The first-order valence-corrected chi connectivity index (χ1v) is 7.01. The Balaban J connectivity index is 2.93. The van der Waals surface area contributed by atoms with E-state index >= 15 is 0 Å². The van der Waals surface area contributed by atoms with Crippen LogP contribution in [0.4, 0.5) is 0 Å². The van der Waals surface area contributed by atoms with Gasteiger partial charge in [-0.3, -0.25) is 0 Å². The Morgan fingerprint density at radius 1 is 1.75 bits per heavy atom. The maximum absolute atomic E-state index is 5.69. The molecule has 0 amide bonds. The SMILES string of the molecule is CC(Cl)CSP(C)Cl. The van der Waals surface area contributed by atoms with Crippen molar-refractivity contribution in [3.05, 3.63) is 0 Å². The highest BCUT2D eigenvalue weighted by Gasteiger charge is 1.99. The van der Waals surface area contributed by atoms with Gasteiger partial charge in [-0.15, -0.1) is 23.0 Å². The summed E-state index contributed by atoms with van der Waals surface area (Å²) in [7, 11) is 0. The molecule has 0 saturated carbocycles. The Kier molecular flexibility index (Phi) is 6.05. The molecule has 0 aliphatic rings. The van der Waals surface area contributed by atoms with E-state index in [9.17, 15) is 0 Å². The van der Waals surface area contributed by atoms with Gasteiger partial charge in [0.1, 0.15) is 0 Å². The average Bonchev–Trinajstić information content (AvgIpc) is 1.61. The van der Waals surface area contributed by atoms with E-state index in [1.165, 1.54) is 0 Å². The lowest BCUT2D eigenvalue weighted by molar-refractivity contribution is 1.12. The Morgan fingerprint density at radius 2 is 2.25 bits per heavy atom. The minimum atomic E-state index is -0.329. The molecule has 0 rings (SSSR count). The Bertz CT molecular complexity index is 50.0. The van der Waals surface area contributed by atoms with E-state index in [1.807, 2.05) is 13.6 Å². The monoisotopic (exact) mass is 190 g/mol. The molecule has 0 N–H and O–H groups in total. The Morgan fingerprint density at radius 3 is 2.38 bits per heavy atom. The van der Waals surface area contributed by atoms with Crippen molar-refractivity contribution in [2.75, 3.05) is 12.4 Å². The van der Waals surface area contributed by atoms with Crippen molar-refractivity contribution in [2.45, 2.75) is 12.3 Å². The van der Waals surface area contributed by atoms with Gasteiger partial charge in [-0.25, -0.2) is 0 Å². The number of halogens is 2. The minimum absolute atomic E-state index is 0.253. The first-order valence-electron chi connectivity index (χ1n) is 2.29. The summed E-state index contributed by atoms with van der Waals surface area (Å²) in [5.74, 6) is 0.966. The Hall–Kier alpha value is 1.36. The van der Waals surface area contributed by atoms with Crippen LogP contribution in [0.15, 0.2) is 0 Å². The van der Waals surface area contributed by atoms with Gasteiger partial charge in [0, 0.05) is 17.6 Å². The zero-order chi connectivity index (χ0) is 6.57. The van der Waals surface area contributed by atoms with Crippen LogP contribution in [0.25, 0.3) is 0 Å². The summed E-state index contributed by atoms with van der Waals surface area (Å²) in [6.45, 7) is 3.66. The van der Waals surface area contributed by atoms with Gasteiger partial charge in [-0.2, -0.15) is 0 Å². The third-order valence-electron chi connectivity index (χ3n) is 0.482. The van der Waals surface area contributed by atoms with Crippen molar-refractivity contribution in [1.82, 2.24) is 0 Å². The summed E-state index contributed by atoms with van der Waals surface area (Å²) < 4.78 is 0. The zero-order valence-corrected chi connectivity index (χ0v) is 8.12. The first kappa shape index (κ1) is 9.36. The average molecular weight is 191 g/mol. The summed E-state index contributed by atoms with van der Waals surface area (Å²) in [6.07, 6.45) is 0. The van der Waals surface area contributed by atoms with E-state index in [0.29, 0.717) is 0 Å². The summed E-state index contributed by atoms with van der Waals surface area (Å²) in [5.41, 5.74) is 0. The predicted molar refractivity (Wildman–Crippen MR) is 46.5 cm³/mol. The molecule has 0 aliphatic heterocycles. The van der Waals surface area contributed by atoms with Crippen molar-refractivity contribution in [3.63, 3.8) is 0 Å². The number of hydrogen-bond acceptors (Lipinski definition) is 1. The lowest BCUT2D eigenvalue weighted by Crippen LogP contribution is -1.91. The van der Waals surface area contributed by atoms with Gasteiger partial charge >= 0.3 is 0 Å². The van der Waals surface area contributed by atoms with Crippen LogP contribution < -0.4 is 0 Å². The zero-order valence-electron chi connectivity index (χ0n) is 4.90. The van der Waals surface area contributed by atoms with Gasteiger partial charge in [-0.1, -0.05) is 11.2 Å². The van der Waals surface area contributed by atoms with Gasteiger partial charge in [0.05, 0.1) is 0 Å². The predicted octanol–water partition coefficient (Wildman–Crippen LogP) is 3.53. The molecule has 0 spiro atoms. The van der Waals surface area contributed by atoms with Crippen molar-refractivity contribution in [2.24, 2.45) is 0 Å².